The third-order valence-electron chi connectivity index (χ3n) is 2.86. The fourth-order valence-corrected chi connectivity index (χ4v) is 2.03. The van der Waals surface area contributed by atoms with E-state index in [1.807, 2.05) is 12.2 Å². The number of methoxy groups -OCH3 is 1. The lowest BCUT2D eigenvalue weighted by atomic mass is 10.1. The number of rotatable bonds is 1. The van der Waals surface area contributed by atoms with Crippen LogP contribution in [0.3, 0.4) is 0 Å². The summed E-state index contributed by atoms with van der Waals surface area (Å²) in [5.74, 6) is 1.03. The van der Waals surface area contributed by atoms with E-state index < -0.39 is 0 Å². The number of nitrogens with zero attached hydrogens (tertiary/aromatic N) is 3. The van der Waals surface area contributed by atoms with Crippen LogP contribution in [-0.4, -0.2) is 30.4 Å². The lowest BCUT2D eigenvalue weighted by Gasteiger charge is -2.18. The highest BCUT2D eigenvalue weighted by atomic mass is 16.5. The SMILES string of the molecule is COC1=C2NCC3=C(N=C[N]3)[N+]([O-])=C2CC=C1. The molecule has 6 nitrogen and oxygen atoms in total. The van der Waals surface area contributed by atoms with Crippen LogP contribution in [0.4, 0.5) is 0 Å². The van der Waals surface area contributed by atoms with Crippen molar-refractivity contribution in [1.82, 2.24) is 10.6 Å². The maximum atomic E-state index is 12.2. The van der Waals surface area contributed by atoms with Crippen molar-refractivity contribution >= 4 is 12.1 Å². The van der Waals surface area contributed by atoms with Gasteiger partial charge in [0.2, 0.25) is 6.34 Å². The molecule has 0 atom stereocenters. The van der Waals surface area contributed by atoms with E-state index in [0.29, 0.717) is 36.0 Å². The Morgan fingerprint density at radius 3 is 3.24 bits per heavy atom. The fraction of sp³-hybridized carbons (Fsp3) is 0.273. The van der Waals surface area contributed by atoms with Gasteiger partial charge in [-0.1, -0.05) is 6.08 Å². The van der Waals surface area contributed by atoms with E-state index in [-0.39, 0.29) is 0 Å². The van der Waals surface area contributed by atoms with E-state index in [1.165, 1.54) is 6.34 Å². The molecule has 3 rings (SSSR count). The van der Waals surface area contributed by atoms with Gasteiger partial charge in [0, 0.05) is 6.42 Å². The van der Waals surface area contributed by atoms with Crippen LogP contribution >= 0.6 is 0 Å². The van der Waals surface area contributed by atoms with Crippen LogP contribution in [0.2, 0.25) is 0 Å². The van der Waals surface area contributed by atoms with Crippen LogP contribution < -0.4 is 10.6 Å². The highest BCUT2D eigenvalue weighted by Crippen LogP contribution is 2.22. The largest absolute Gasteiger partial charge is 0.710 e. The van der Waals surface area contributed by atoms with Gasteiger partial charge in [0.1, 0.15) is 17.2 Å². The molecule has 0 saturated heterocycles. The second-order valence-electron chi connectivity index (χ2n) is 3.79. The van der Waals surface area contributed by atoms with E-state index >= 15 is 0 Å². The summed E-state index contributed by atoms with van der Waals surface area (Å²) < 4.78 is 6.08. The lowest BCUT2D eigenvalue weighted by molar-refractivity contribution is -0.403. The monoisotopic (exact) mass is 231 g/mol. The molecule has 1 radical (unpaired) electrons. The molecule has 1 aliphatic carbocycles. The quantitative estimate of drug-likeness (QED) is 0.516. The Hall–Kier alpha value is -2.24. The van der Waals surface area contributed by atoms with Crippen molar-refractivity contribution in [3.05, 3.63) is 40.3 Å². The first-order chi connectivity index (χ1) is 8.31. The van der Waals surface area contributed by atoms with Gasteiger partial charge in [0.05, 0.1) is 13.7 Å². The molecule has 0 amide bonds. The van der Waals surface area contributed by atoms with Gasteiger partial charge in [-0.05, 0) is 11.1 Å². The smallest absolute Gasteiger partial charge is 0.351 e. The minimum absolute atomic E-state index is 0.369. The van der Waals surface area contributed by atoms with Gasteiger partial charge < -0.3 is 15.3 Å². The predicted octanol–water partition coefficient (Wildman–Crippen LogP) is 0.174. The second kappa shape index (κ2) is 3.65. The zero-order valence-electron chi connectivity index (χ0n) is 9.30. The average molecular weight is 231 g/mol. The van der Waals surface area contributed by atoms with Gasteiger partial charge in [0.25, 0.3) is 0 Å². The van der Waals surface area contributed by atoms with Crippen molar-refractivity contribution in [3.8, 4) is 0 Å². The van der Waals surface area contributed by atoms with Gasteiger partial charge in [-0.25, -0.2) is 10.1 Å². The summed E-state index contributed by atoms with van der Waals surface area (Å²) in [6.07, 6.45) is 5.72. The van der Waals surface area contributed by atoms with Crippen LogP contribution in [-0.2, 0) is 4.74 Å². The second-order valence-corrected chi connectivity index (χ2v) is 3.79. The Bertz CT molecular complexity index is 526. The molecule has 3 aliphatic rings. The first-order valence-electron chi connectivity index (χ1n) is 5.30. The highest BCUT2D eigenvalue weighted by molar-refractivity contribution is 5.99. The molecule has 0 unspecified atom stereocenters. The zero-order valence-corrected chi connectivity index (χ0v) is 9.30. The Morgan fingerprint density at radius 1 is 1.53 bits per heavy atom. The summed E-state index contributed by atoms with van der Waals surface area (Å²) in [6.45, 7) is 0.480. The van der Waals surface area contributed by atoms with E-state index in [2.05, 4.69) is 15.6 Å². The molecule has 0 saturated carbocycles. The molecule has 0 aromatic carbocycles. The van der Waals surface area contributed by atoms with Gasteiger partial charge in [-0.3, -0.25) is 0 Å². The molecule has 0 bridgehead atoms. The summed E-state index contributed by atoms with van der Waals surface area (Å²) in [4.78, 5) is 3.99. The van der Waals surface area contributed by atoms with Crippen LogP contribution in [0.25, 0.3) is 0 Å². The zero-order chi connectivity index (χ0) is 11.8. The van der Waals surface area contributed by atoms with E-state index in [0.717, 1.165) is 10.4 Å². The first kappa shape index (κ1) is 9.95. The summed E-state index contributed by atoms with van der Waals surface area (Å²) in [5.41, 5.74) is 2.00. The number of fused-ring (bicyclic) bond motifs is 1. The van der Waals surface area contributed by atoms with Crippen LogP contribution in [0.5, 0.6) is 0 Å². The van der Waals surface area contributed by atoms with Crippen molar-refractivity contribution in [3.63, 3.8) is 0 Å². The molecule has 87 valence electrons. The van der Waals surface area contributed by atoms with Crippen LogP contribution in [0, 0.1) is 5.21 Å². The molecule has 0 aromatic rings. The van der Waals surface area contributed by atoms with Crippen molar-refractivity contribution < 1.29 is 9.48 Å². The number of hydrogen-bond donors (Lipinski definition) is 1. The molecular weight excluding hydrogens is 220 g/mol. The van der Waals surface area contributed by atoms with Gasteiger partial charge in [0.15, 0.2) is 5.70 Å². The topological polar surface area (TPSA) is 73.8 Å². The van der Waals surface area contributed by atoms with E-state index in [4.69, 9.17) is 4.74 Å². The van der Waals surface area contributed by atoms with Crippen molar-refractivity contribution in [2.24, 2.45) is 4.99 Å². The first-order valence-corrected chi connectivity index (χ1v) is 5.30. The number of nitrogens with one attached hydrogen (secondary N) is 1. The molecule has 0 fully saturated rings. The molecule has 2 heterocycles. The molecule has 1 N–H and O–H groups in total. The normalized spacial score (nSPS) is 21.9. The molecule has 0 spiro atoms. The van der Waals surface area contributed by atoms with Crippen molar-refractivity contribution in [1.29, 1.82) is 0 Å². The standard InChI is InChI=1S/C11H11N4O2/c1-17-9-4-2-3-8-10(9)12-5-7-11(15(8)16)14-6-13-7/h2,4,6,12H,3,5H2,1H3. The van der Waals surface area contributed by atoms with Crippen LogP contribution in [0.1, 0.15) is 6.42 Å². The van der Waals surface area contributed by atoms with Gasteiger partial charge in [-0.2, -0.15) is 0 Å². The Morgan fingerprint density at radius 2 is 2.41 bits per heavy atom. The Balaban J connectivity index is 2.14. The minimum Gasteiger partial charge on any atom is -0.710 e. The summed E-state index contributed by atoms with van der Waals surface area (Å²) in [6, 6.07) is 0. The minimum atomic E-state index is 0.369. The van der Waals surface area contributed by atoms with E-state index in [1.54, 1.807) is 7.11 Å². The predicted molar refractivity (Wildman–Crippen MR) is 62.1 cm³/mol. The third kappa shape index (κ3) is 1.41. The number of ether oxygens (including phenoxy) is 1. The summed E-state index contributed by atoms with van der Waals surface area (Å²) >= 11 is 0. The molecular formula is C11H11N4O2. The summed E-state index contributed by atoms with van der Waals surface area (Å²) in [5, 5.41) is 19.5. The molecule has 6 heteroatoms. The van der Waals surface area contributed by atoms with Gasteiger partial charge >= 0.3 is 5.82 Å². The van der Waals surface area contributed by atoms with Crippen molar-refractivity contribution in [2.45, 2.75) is 6.42 Å². The number of aliphatic imine (C=N–C) groups is 1. The van der Waals surface area contributed by atoms with Crippen LogP contribution in [0.15, 0.2) is 40.1 Å². The molecule has 2 aliphatic heterocycles. The lowest BCUT2D eigenvalue weighted by Crippen LogP contribution is -2.28. The van der Waals surface area contributed by atoms with E-state index in [9.17, 15) is 5.21 Å². The Kier molecular flexibility index (Phi) is 2.14. The molecule has 17 heavy (non-hydrogen) atoms. The highest BCUT2D eigenvalue weighted by Gasteiger charge is 2.30. The third-order valence-corrected chi connectivity index (χ3v) is 2.86. The maximum absolute atomic E-state index is 12.2. The van der Waals surface area contributed by atoms with Gasteiger partial charge in [-0.15, -0.1) is 0 Å². The number of allylic oxidation sites excluding steroid dienone is 3. The maximum Gasteiger partial charge on any atom is 0.351 e. The fourth-order valence-electron chi connectivity index (χ4n) is 2.03. The van der Waals surface area contributed by atoms with Crippen molar-refractivity contribution in [2.75, 3.05) is 13.7 Å². The number of hydroxylamine groups is 1. The molecule has 0 aromatic heterocycles. The summed E-state index contributed by atoms with van der Waals surface area (Å²) in [7, 11) is 1.58. The Labute approximate surface area is 98.3 Å². The average Bonchev–Trinajstić information content (AvgIpc) is 2.78. The number of hydrogen-bond acceptors (Lipinski definition) is 4.